The second-order valence-electron chi connectivity index (χ2n) is 5.78. The minimum absolute atomic E-state index is 0.0117. The van der Waals surface area contributed by atoms with Crippen molar-refractivity contribution in [3.63, 3.8) is 0 Å². The highest BCUT2D eigenvalue weighted by Gasteiger charge is 2.13. The predicted octanol–water partition coefficient (Wildman–Crippen LogP) is 5.94. The molecule has 2 heterocycles. The Morgan fingerprint density at radius 1 is 1.11 bits per heavy atom. The topological polar surface area (TPSA) is 76.2 Å². The normalized spacial score (nSPS) is 11.0. The number of aromatic amines is 1. The van der Waals surface area contributed by atoms with Crippen molar-refractivity contribution in [2.24, 2.45) is 0 Å². The van der Waals surface area contributed by atoms with Crippen LogP contribution in [0, 0.1) is 14.9 Å². The van der Waals surface area contributed by atoms with Gasteiger partial charge in [0.2, 0.25) is 4.77 Å². The molecule has 4 aromatic rings. The molecule has 9 heteroatoms. The van der Waals surface area contributed by atoms with Crippen LogP contribution in [0.15, 0.2) is 54.9 Å². The molecule has 2 aromatic heterocycles. The highest BCUT2D eigenvalue weighted by Crippen LogP contribution is 2.32. The highest BCUT2D eigenvalue weighted by molar-refractivity contribution is 7.71. The molecule has 0 bridgehead atoms. The minimum atomic E-state index is -0.430. The third-order valence-corrected chi connectivity index (χ3v) is 5.16. The molecule has 4 rings (SSSR count). The fraction of sp³-hybridized carbons (Fsp3) is 0. The van der Waals surface area contributed by atoms with E-state index in [2.05, 4.69) is 9.97 Å². The third-order valence-electron chi connectivity index (χ3n) is 4.12. The first-order valence-corrected chi connectivity index (χ1v) is 8.91. The molecule has 0 aliphatic carbocycles. The Bertz CT molecular complexity index is 1270. The molecule has 2 aromatic carbocycles. The molecule has 0 radical (unpaired) electrons. The number of imidazole rings is 1. The number of hydrogen-bond donors (Lipinski definition) is 1. The summed E-state index contributed by atoms with van der Waals surface area (Å²) in [6.45, 7) is 0. The lowest BCUT2D eigenvalue weighted by Crippen LogP contribution is -1.92. The van der Waals surface area contributed by atoms with Gasteiger partial charge < -0.3 is 4.98 Å². The number of nitro benzene ring substituents is 1. The van der Waals surface area contributed by atoms with Crippen molar-refractivity contribution in [2.45, 2.75) is 0 Å². The van der Waals surface area contributed by atoms with Crippen LogP contribution >= 0.6 is 35.4 Å². The summed E-state index contributed by atoms with van der Waals surface area (Å²) in [5.74, 6) is 0. The third kappa shape index (κ3) is 3.21. The molecule has 0 unspecified atom stereocenters. The fourth-order valence-corrected chi connectivity index (χ4v) is 3.31. The second kappa shape index (κ2) is 6.77. The zero-order valence-electron chi connectivity index (χ0n) is 13.5. The average molecular weight is 417 g/mol. The van der Waals surface area contributed by atoms with Crippen molar-refractivity contribution in [1.82, 2.24) is 14.4 Å². The summed E-state index contributed by atoms with van der Waals surface area (Å²) < 4.78 is 2.09. The smallest absolute Gasteiger partial charge is 0.270 e. The van der Waals surface area contributed by atoms with Gasteiger partial charge in [0.25, 0.3) is 5.69 Å². The number of fused-ring (bicyclic) bond motifs is 1. The summed E-state index contributed by atoms with van der Waals surface area (Å²) in [4.78, 5) is 18.2. The first-order valence-electron chi connectivity index (χ1n) is 7.74. The van der Waals surface area contributed by atoms with Crippen LogP contribution < -0.4 is 0 Å². The number of benzene rings is 2. The zero-order valence-corrected chi connectivity index (χ0v) is 15.8. The number of nitrogens with one attached hydrogen (secondary N) is 1. The molecule has 0 saturated heterocycles. The maximum absolute atomic E-state index is 11.0. The number of nitro groups is 1. The lowest BCUT2D eigenvalue weighted by atomic mass is 10.1. The molecule has 0 aliphatic heterocycles. The molecule has 0 saturated carbocycles. The number of halogens is 2. The van der Waals surface area contributed by atoms with Crippen LogP contribution in [0.4, 0.5) is 5.69 Å². The Morgan fingerprint density at radius 2 is 1.93 bits per heavy atom. The fourth-order valence-electron chi connectivity index (χ4n) is 2.81. The predicted molar refractivity (Wildman–Crippen MR) is 108 cm³/mol. The molecule has 27 heavy (non-hydrogen) atoms. The van der Waals surface area contributed by atoms with Gasteiger partial charge in [-0.3, -0.25) is 14.5 Å². The summed E-state index contributed by atoms with van der Waals surface area (Å²) in [6.07, 6.45) is 3.43. The first kappa shape index (κ1) is 17.7. The largest absolute Gasteiger partial charge is 0.339 e. The minimum Gasteiger partial charge on any atom is -0.339 e. The van der Waals surface area contributed by atoms with Crippen LogP contribution in [0.1, 0.15) is 0 Å². The van der Waals surface area contributed by atoms with Gasteiger partial charge in [-0.2, -0.15) is 0 Å². The molecule has 0 spiro atoms. The quantitative estimate of drug-likeness (QED) is 0.254. The van der Waals surface area contributed by atoms with Crippen LogP contribution in [-0.4, -0.2) is 19.3 Å². The molecule has 0 aliphatic rings. The number of non-ortho nitro benzene ring substituents is 1. The van der Waals surface area contributed by atoms with Gasteiger partial charge in [0.05, 0.1) is 20.7 Å². The van der Waals surface area contributed by atoms with E-state index in [0.717, 1.165) is 11.1 Å². The molecule has 6 nitrogen and oxygen atoms in total. The number of nitrogens with zero attached hydrogens (tertiary/aromatic N) is 3. The van der Waals surface area contributed by atoms with E-state index in [0.29, 0.717) is 31.7 Å². The van der Waals surface area contributed by atoms with E-state index in [1.165, 1.54) is 12.1 Å². The maximum atomic E-state index is 11.0. The van der Waals surface area contributed by atoms with E-state index in [1.54, 1.807) is 41.1 Å². The van der Waals surface area contributed by atoms with Crippen molar-refractivity contribution >= 4 is 46.8 Å². The van der Waals surface area contributed by atoms with Crippen molar-refractivity contribution in [3.8, 4) is 22.4 Å². The molecular formula is C18H10Cl2N4O2S. The Kier molecular flexibility index (Phi) is 4.43. The monoisotopic (exact) mass is 416 g/mol. The summed E-state index contributed by atoms with van der Waals surface area (Å²) >= 11 is 17.5. The average Bonchev–Trinajstić information content (AvgIpc) is 3.11. The lowest BCUT2D eigenvalue weighted by Gasteiger charge is -2.05. The Labute approximate surface area is 168 Å². The van der Waals surface area contributed by atoms with Gasteiger partial charge in [-0.1, -0.05) is 41.4 Å². The van der Waals surface area contributed by atoms with Gasteiger partial charge in [-0.25, -0.2) is 4.98 Å². The van der Waals surface area contributed by atoms with E-state index in [-0.39, 0.29) is 5.69 Å². The molecule has 1 N–H and O–H groups in total. The molecular weight excluding hydrogens is 407 g/mol. The first-order chi connectivity index (χ1) is 12.9. The lowest BCUT2D eigenvalue weighted by molar-refractivity contribution is -0.384. The van der Waals surface area contributed by atoms with Gasteiger partial charge in [-0.15, -0.1) is 0 Å². The van der Waals surface area contributed by atoms with E-state index in [9.17, 15) is 10.1 Å². The van der Waals surface area contributed by atoms with Crippen molar-refractivity contribution in [3.05, 3.63) is 79.8 Å². The SMILES string of the molecule is O=[N+]([O-])c1cccc(-c2cn3c(=S)ncc(-c4ccc(Cl)c(Cl)c4)c3[nH]2)c1. The van der Waals surface area contributed by atoms with Crippen molar-refractivity contribution < 1.29 is 4.92 Å². The Hall–Kier alpha value is -2.74. The summed E-state index contributed by atoms with van der Waals surface area (Å²) in [5, 5.41) is 11.9. The van der Waals surface area contributed by atoms with Gasteiger partial charge >= 0.3 is 0 Å². The number of rotatable bonds is 3. The van der Waals surface area contributed by atoms with E-state index in [1.807, 2.05) is 6.07 Å². The Morgan fingerprint density at radius 3 is 2.67 bits per heavy atom. The van der Waals surface area contributed by atoms with Crippen molar-refractivity contribution in [1.29, 1.82) is 0 Å². The number of H-pyrrole nitrogens is 1. The van der Waals surface area contributed by atoms with E-state index < -0.39 is 4.92 Å². The van der Waals surface area contributed by atoms with Crippen LogP contribution in [0.2, 0.25) is 10.0 Å². The van der Waals surface area contributed by atoms with E-state index >= 15 is 0 Å². The summed E-state index contributed by atoms with van der Waals surface area (Å²) in [5.41, 5.74) is 3.66. The van der Waals surface area contributed by atoms with Crippen LogP contribution in [0.5, 0.6) is 0 Å². The van der Waals surface area contributed by atoms with Gasteiger partial charge in [0.15, 0.2) is 0 Å². The number of hydrogen-bond acceptors (Lipinski definition) is 4. The summed E-state index contributed by atoms with van der Waals surface area (Å²) in [6, 6.07) is 11.7. The van der Waals surface area contributed by atoms with Gasteiger partial charge in [-0.05, 0) is 29.9 Å². The Balaban J connectivity index is 1.93. The molecule has 134 valence electrons. The highest BCUT2D eigenvalue weighted by atomic mass is 35.5. The number of aromatic nitrogens is 3. The molecule has 0 fully saturated rings. The van der Waals surface area contributed by atoms with Crippen molar-refractivity contribution in [2.75, 3.05) is 0 Å². The van der Waals surface area contributed by atoms with Gasteiger partial charge in [0.1, 0.15) is 5.65 Å². The van der Waals surface area contributed by atoms with Crippen LogP contribution in [-0.2, 0) is 0 Å². The molecule has 0 atom stereocenters. The van der Waals surface area contributed by atoms with Crippen LogP contribution in [0.3, 0.4) is 0 Å². The molecule has 0 amide bonds. The maximum Gasteiger partial charge on any atom is 0.270 e. The van der Waals surface area contributed by atoms with Crippen LogP contribution in [0.25, 0.3) is 28.0 Å². The van der Waals surface area contributed by atoms with Gasteiger partial charge in [0, 0.05) is 35.7 Å². The van der Waals surface area contributed by atoms with E-state index in [4.69, 9.17) is 35.4 Å². The summed E-state index contributed by atoms with van der Waals surface area (Å²) in [7, 11) is 0. The standard InChI is InChI=1S/C18H10Cl2N4O2S/c19-14-5-4-10(7-15(14)20)13-8-21-18(27)23-9-16(22-17(13)23)11-2-1-3-12(6-11)24(25)26/h1-9,22H. The zero-order chi connectivity index (χ0) is 19.1. The second-order valence-corrected chi connectivity index (χ2v) is 6.96.